The van der Waals surface area contributed by atoms with E-state index in [1.807, 2.05) is 19.0 Å². The van der Waals surface area contributed by atoms with Crippen LogP contribution in [0.4, 0.5) is 0 Å². The molecule has 0 amide bonds. The highest BCUT2D eigenvalue weighted by Gasteiger charge is 1.96. The van der Waals surface area contributed by atoms with E-state index in [1.54, 1.807) is 14.2 Å². The van der Waals surface area contributed by atoms with Gasteiger partial charge in [-0.1, -0.05) is 0 Å². The Labute approximate surface area is 68.2 Å². The van der Waals surface area contributed by atoms with Crippen molar-refractivity contribution in [3.63, 3.8) is 0 Å². The van der Waals surface area contributed by atoms with E-state index in [4.69, 9.17) is 4.74 Å². The van der Waals surface area contributed by atoms with Gasteiger partial charge in [-0.05, 0) is 0 Å². The van der Waals surface area contributed by atoms with E-state index in [0.29, 0.717) is 6.61 Å². The highest BCUT2D eigenvalue weighted by atomic mass is 16.5. The third-order valence-electron chi connectivity index (χ3n) is 1.22. The third kappa shape index (κ3) is 4.61. The summed E-state index contributed by atoms with van der Waals surface area (Å²) in [5, 5.41) is 3.12. The fourth-order valence-electron chi connectivity index (χ4n) is 0.702. The molecule has 0 aliphatic heterocycles. The highest BCUT2D eigenvalue weighted by Crippen LogP contribution is 1.77. The Hall–Kier alpha value is -0.770. The molecule has 0 saturated carbocycles. The summed E-state index contributed by atoms with van der Waals surface area (Å²) in [5.74, 6) is 0.877. The lowest BCUT2D eigenvalue weighted by Gasteiger charge is -2.16. The van der Waals surface area contributed by atoms with Gasteiger partial charge in [0.05, 0.1) is 6.61 Å². The molecule has 66 valence electrons. The Bertz CT molecular complexity index is 123. The van der Waals surface area contributed by atoms with Crippen LogP contribution in [0.5, 0.6) is 0 Å². The second-order valence-corrected chi connectivity index (χ2v) is 2.36. The number of nitrogens with zero attached hydrogens (tertiary/aromatic N) is 2. The van der Waals surface area contributed by atoms with Gasteiger partial charge in [-0.25, -0.2) is 0 Å². The summed E-state index contributed by atoms with van der Waals surface area (Å²) < 4.78 is 4.88. The van der Waals surface area contributed by atoms with Crippen molar-refractivity contribution in [2.24, 2.45) is 4.99 Å². The largest absolute Gasteiger partial charge is 0.383 e. The number of hydrogen-bond donors (Lipinski definition) is 1. The van der Waals surface area contributed by atoms with Gasteiger partial charge in [0.1, 0.15) is 0 Å². The van der Waals surface area contributed by atoms with Crippen molar-refractivity contribution in [3.8, 4) is 0 Å². The Morgan fingerprint density at radius 3 is 2.55 bits per heavy atom. The number of nitrogens with one attached hydrogen (secondary N) is 1. The minimum absolute atomic E-state index is 0.701. The number of rotatable bonds is 3. The van der Waals surface area contributed by atoms with E-state index in [-0.39, 0.29) is 0 Å². The summed E-state index contributed by atoms with van der Waals surface area (Å²) in [6.45, 7) is 1.49. The van der Waals surface area contributed by atoms with Crippen LogP contribution in [0.3, 0.4) is 0 Å². The summed E-state index contributed by atoms with van der Waals surface area (Å²) >= 11 is 0. The van der Waals surface area contributed by atoms with Crippen LogP contribution in [0.25, 0.3) is 0 Å². The molecule has 0 heterocycles. The predicted octanol–water partition coefficient (Wildman–Crippen LogP) is -0.230. The van der Waals surface area contributed by atoms with Crippen LogP contribution < -0.4 is 5.32 Å². The zero-order valence-electron chi connectivity index (χ0n) is 7.72. The average Bonchev–Trinajstić information content (AvgIpc) is 1.97. The van der Waals surface area contributed by atoms with Crippen LogP contribution in [0.1, 0.15) is 0 Å². The molecule has 0 saturated heterocycles. The maximum absolute atomic E-state index is 4.88. The van der Waals surface area contributed by atoms with E-state index in [2.05, 4.69) is 10.3 Å². The van der Waals surface area contributed by atoms with Gasteiger partial charge >= 0.3 is 0 Å². The summed E-state index contributed by atoms with van der Waals surface area (Å²) in [5.41, 5.74) is 0. The molecule has 0 unspecified atom stereocenters. The molecule has 0 fully saturated rings. The Morgan fingerprint density at radius 1 is 1.55 bits per heavy atom. The number of aliphatic imine (C=N–C) groups is 1. The predicted molar refractivity (Wildman–Crippen MR) is 46.9 cm³/mol. The SMILES string of the molecule is CN=C(NCCOC)N(C)C. The molecule has 0 aromatic heterocycles. The summed E-state index contributed by atoms with van der Waals surface area (Å²) in [7, 11) is 7.33. The molecule has 1 N–H and O–H groups in total. The maximum Gasteiger partial charge on any atom is 0.193 e. The molecular formula is C7H17N3O. The standard InChI is InChI=1S/C7H17N3O/c1-8-7(10(2)3)9-5-6-11-4/h5-6H2,1-4H3,(H,8,9). The number of methoxy groups -OCH3 is 1. The molecular weight excluding hydrogens is 142 g/mol. The minimum atomic E-state index is 0.701. The highest BCUT2D eigenvalue weighted by molar-refractivity contribution is 5.79. The third-order valence-corrected chi connectivity index (χ3v) is 1.22. The molecule has 11 heavy (non-hydrogen) atoms. The molecule has 0 spiro atoms. The van der Waals surface area contributed by atoms with Crippen LogP contribution in [0.2, 0.25) is 0 Å². The molecule has 4 nitrogen and oxygen atoms in total. The number of hydrogen-bond acceptors (Lipinski definition) is 2. The van der Waals surface area contributed by atoms with E-state index in [1.165, 1.54) is 0 Å². The lowest BCUT2D eigenvalue weighted by molar-refractivity contribution is 0.203. The van der Waals surface area contributed by atoms with Gasteiger partial charge in [0.15, 0.2) is 5.96 Å². The first-order chi connectivity index (χ1) is 5.22. The second-order valence-electron chi connectivity index (χ2n) is 2.36. The minimum Gasteiger partial charge on any atom is -0.383 e. The fourth-order valence-corrected chi connectivity index (χ4v) is 0.702. The Kier molecular flexibility index (Phi) is 5.56. The summed E-state index contributed by atoms with van der Waals surface area (Å²) in [6.07, 6.45) is 0. The zero-order valence-corrected chi connectivity index (χ0v) is 7.72. The van der Waals surface area contributed by atoms with E-state index >= 15 is 0 Å². The van der Waals surface area contributed by atoms with E-state index in [0.717, 1.165) is 12.5 Å². The molecule has 0 aliphatic carbocycles. The number of guanidine groups is 1. The molecule has 0 aromatic carbocycles. The zero-order chi connectivity index (χ0) is 8.69. The van der Waals surface area contributed by atoms with Crippen molar-refractivity contribution < 1.29 is 4.74 Å². The Balaban J connectivity index is 3.54. The van der Waals surface area contributed by atoms with Crippen molar-refractivity contribution in [1.82, 2.24) is 10.2 Å². The van der Waals surface area contributed by atoms with Crippen LogP contribution in [0, 0.1) is 0 Å². The maximum atomic E-state index is 4.88. The van der Waals surface area contributed by atoms with E-state index in [9.17, 15) is 0 Å². The van der Waals surface area contributed by atoms with Crippen molar-refractivity contribution in [2.45, 2.75) is 0 Å². The van der Waals surface area contributed by atoms with Gasteiger partial charge in [0, 0.05) is 34.8 Å². The smallest absolute Gasteiger partial charge is 0.193 e. The molecule has 0 radical (unpaired) electrons. The normalized spacial score (nSPS) is 11.5. The molecule has 0 aliphatic rings. The van der Waals surface area contributed by atoms with Gasteiger partial charge in [-0.3, -0.25) is 4.99 Å². The average molecular weight is 159 g/mol. The van der Waals surface area contributed by atoms with Crippen LogP contribution in [0.15, 0.2) is 4.99 Å². The lowest BCUT2D eigenvalue weighted by atomic mass is 10.6. The monoisotopic (exact) mass is 159 g/mol. The van der Waals surface area contributed by atoms with Crippen LogP contribution in [-0.4, -0.2) is 52.3 Å². The van der Waals surface area contributed by atoms with Gasteiger partial charge in [-0.2, -0.15) is 0 Å². The summed E-state index contributed by atoms with van der Waals surface area (Å²) in [4.78, 5) is 5.96. The second kappa shape index (κ2) is 5.97. The molecule has 0 bridgehead atoms. The van der Waals surface area contributed by atoms with Gasteiger partial charge in [0.25, 0.3) is 0 Å². The van der Waals surface area contributed by atoms with Crippen molar-refractivity contribution >= 4 is 5.96 Å². The van der Waals surface area contributed by atoms with Gasteiger partial charge in [0.2, 0.25) is 0 Å². The molecule has 4 heteroatoms. The van der Waals surface area contributed by atoms with E-state index < -0.39 is 0 Å². The molecule has 0 atom stereocenters. The van der Waals surface area contributed by atoms with Crippen molar-refractivity contribution in [1.29, 1.82) is 0 Å². The molecule has 0 aromatic rings. The van der Waals surface area contributed by atoms with Gasteiger partial charge in [-0.15, -0.1) is 0 Å². The van der Waals surface area contributed by atoms with Gasteiger partial charge < -0.3 is 15.0 Å². The van der Waals surface area contributed by atoms with Crippen molar-refractivity contribution in [2.75, 3.05) is 41.4 Å². The lowest BCUT2D eigenvalue weighted by Crippen LogP contribution is -2.37. The first-order valence-corrected chi connectivity index (χ1v) is 3.59. The van der Waals surface area contributed by atoms with Crippen LogP contribution in [-0.2, 0) is 4.74 Å². The summed E-state index contributed by atoms with van der Waals surface area (Å²) in [6, 6.07) is 0. The number of ether oxygens (including phenoxy) is 1. The first-order valence-electron chi connectivity index (χ1n) is 3.59. The molecule has 0 rings (SSSR count). The van der Waals surface area contributed by atoms with Crippen molar-refractivity contribution in [3.05, 3.63) is 0 Å². The first kappa shape index (κ1) is 10.2. The quantitative estimate of drug-likeness (QED) is 0.351. The van der Waals surface area contributed by atoms with Crippen LogP contribution >= 0.6 is 0 Å². The topological polar surface area (TPSA) is 36.9 Å². The Morgan fingerprint density at radius 2 is 2.18 bits per heavy atom. The fraction of sp³-hybridized carbons (Fsp3) is 0.857.